The van der Waals surface area contributed by atoms with E-state index in [1.807, 2.05) is 35.6 Å². The molecule has 3 amide bonds. The largest absolute Gasteiger partial charge is 0.452 e. The monoisotopic (exact) mass is 448 g/mol. The lowest BCUT2D eigenvalue weighted by Crippen LogP contribution is -2.41. The van der Waals surface area contributed by atoms with Gasteiger partial charge in [-0.1, -0.05) is 24.3 Å². The molecule has 0 radical (unpaired) electrons. The van der Waals surface area contributed by atoms with E-state index in [0.29, 0.717) is 16.8 Å². The van der Waals surface area contributed by atoms with Gasteiger partial charge in [-0.15, -0.1) is 6.58 Å². The van der Waals surface area contributed by atoms with Gasteiger partial charge < -0.3 is 10.1 Å². The molecule has 0 aliphatic rings. The van der Waals surface area contributed by atoms with E-state index in [2.05, 4.69) is 17.0 Å². The molecule has 0 saturated heterocycles. The zero-order valence-electron chi connectivity index (χ0n) is 17.5. The highest BCUT2D eigenvalue weighted by molar-refractivity contribution is 5.96. The summed E-state index contributed by atoms with van der Waals surface area (Å²) in [5, 5.41) is 8.95. The standard InChI is InChI=1S/C24H21FN4O4/c1-2-14-26-24(32)27-21(30)16-33-22(31)13-10-18-15-29(20-6-4-3-5-7-20)28-23(18)17-8-11-19(25)12-9-17/h2-13,15H,1,14,16H2,(H2,26,27,30,32). The zero-order chi connectivity index (χ0) is 23.6. The molecule has 0 unspecified atom stereocenters. The number of para-hydroxylation sites is 1. The van der Waals surface area contributed by atoms with Crippen molar-refractivity contribution in [2.45, 2.75) is 0 Å². The van der Waals surface area contributed by atoms with Gasteiger partial charge in [-0.25, -0.2) is 18.7 Å². The van der Waals surface area contributed by atoms with Crippen molar-refractivity contribution in [1.82, 2.24) is 20.4 Å². The van der Waals surface area contributed by atoms with Gasteiger partial charge in [-0.2, -0.15) is 5.10 Å². The maximum atomic E-state index is 13.4. The van der Waals surface area contributed by atoms with Crippen molar-refractivity contribution >= 4 is 24.0 Å². The summed E-state index contributed by atoms with van der Waals surface area (Å²) < 4.78 is 19.9. The summed E-state index contributed by atoms with van der Waals surface area (Å²) in [5.41, 5.74) is 2.56. The summed E-state index contributed by atoms with van der Waals surface area (Å²) in [6.45, 7) is 3.00. The Bertz CT molecular complexity index is 1170. The summed E-state index contributed by atoms with van der Waals surface area (Å²) in [4.78, 5) is 35.1. The van der Waals surface area contributed by atoms with Gasteiger partial charge in [0.2, 0.25) is 0 Å². The second kappa shape index (κ2) is 11.2. The van der Waals surface area contributed by atoms with Gasteiger partial charge in [0.05, 0.1) is 11.4 Å². The van der Waals surface area contributed by atoms with Crippen molar-refractivity contribution in [2.75, 3.05) is 13.2 Å². The number of benzene rings is 2. The molecule has 2 aromatic carbocycles. The third kappa shape index (κ3) is 6.73. The van der Waals surface area contributed by atoms with Crippen molar-refractivity contribution in [3.05, 3.63) is 90.9 Å². The number of urea groups is 1. The molecular weight excluding hydrogens is 427 g/mol. The Labute approximate surface area is 189 Å². The van der Waals surface area contributed by atoms with Crippen molar-refractivity contribution < 1.29 is 23.5 Å². The highest BCUT2D eigenvalue weighted by Gasteiger charge is 2.12. The lowest BCUT2D eigenvalue weighted by Gasteiger charge is -2.04. The highest BCUT2D eigenvalue weighted by Crippen LogP contribution is 2.25. The van der Waals surface area contributed by atoms with Gasteiger partial charge >= 0.3 is 12.0 Å². The molecule has 1 heterocycles. The fourth-order valence-electron chi connectivity index (χ4n) is 2.77. The minimum atomic E-state index is -0.783. The molecule has 9 heteroatoms. The van der Waals surface area contributed by atoms with Crippen LogP contribution in [0.25, 0.3) is 23.0 Å². The first-order valence-electron chi connectivity index (χ1n) is 9.90. The minimum absolute atomic E-state index is 0.189. The summed E-state index contributed by atoms with van der Waals surface area (Å²) in [6.07, 6.45) is 5.80. The van der Waals surface area contributed by atoms with Crippen LogP contribution in [0.15, 0.2) is 79.5 Å². The molecule has 0 aliphatic heterocycles. The molecule has 8 nitrogen and oxygen atoms in total. The maximum absolute atomic E-state index is 13.4. The normalized spacial score (nSPS) is 10.6. The van der Waals surface area contributed by atoms with E-state index in [4.69, 9.17) is 4.74 Å². The van der Waals surface area contributed by atoms with E-state index in [1.54, 1.807) is 23.0 Å². The van der Waals surface area contributed by atoms with Crippen LogP contribution in [0.3, 0.4) is 0 Å². The Morgan fingerprint density at radius 2 is 1.82 bits per heavy atom. The lowest BCUT2D eigenvalue weighted by atomic mass is 10.1. The Balaban J connectivity index is 1.72. The number of halogens is 1. The van der Waals surface area contributed by atoms with Crippen LogP contribution in [0.1, 0.15) is 5.56 Å². The van der Waals surface area contributed by atoms with Crippen LogP contribution < -0.4 is 10.6 Å². The molecular formula is C24H21FN4O4. The Morgan fingerprint density at radius 3 is 2.52 bits per heavy atom. The number of esters is 1. The predicted octanol–water partition coefficient (Wildman–Crippen LogP) is 3.25. The first kappa shape index (κ1) is 23.1. The van der Waals surface area contributed by atoms with Crippen LogP contribution in [0.4, 0.5) is 9.18 Å². The molecule has 3 aromatic rings. The molecule has 0 bridgehead atoms. The van der Waals surface area contributed by atoms with Crippen LogP contribution in [-0.4, -0.2) is 40.8 Å². The number of ether oxygens (including phenoxy) is 1. The van der Waals surface area contributed by atoms with Gasteiger partial charge in [-0.3, -0.25) is 10.1 Å². The van der Waals surface area contributed by atoms with Crippen LogP contribution in [0.5, 0.6) is 0 Å². The van der Waals surface area contributed by atoms with E-state index in [9.17, 15) is 18.8 Å². The summed E-state index contributed by atoms with van der Waals surface area (Å²) in [5.74, 6) is -1.94. The zero-order valence-corrected chi connectivity index (χ0v) is 17.5. The number of rotatable bonds is 8. The molecule has 3 rings (SSSR count). The number of hydrogen-bond donors (Lipinski definition) is 2. The Kier molecular flexibility index (Phi) is 7.85. The average molecular weight is 448 g/mol. The predicted molar refractivity (Wildman–Crippen MR) is 121 cm³/mol. The van der Waals surface area contributed by atoms with E-state index < -0.39 is 24.5 Å². The quantitative estimate of drug-likeness (QED) is 0.313. The van der Waals surface area contributed by atoms with Gasteiger partial charge in [0.15, 0.2) is 6.61 Å². The van der Waals surface area contributed by atoms with E-state index in [0.717, 1.165) is 11.8 Å². The second-order valence-electron chi connectivity index (χ2n) is 6.71. The summed E-state index contributed by atoms with van der Waals surface area (Å²) in [7, 11) is 0. The number of aromatic nitrogens is 2. The van der Waals surface area contributed by atoms with Gasteiger partial charge in [0.25, 0.3) is 5.91 Å². The van der Waals surface area contributed by atoms with E-state index in [-0.39, 0.29) is 12.4 Å². The lowest BCUT2D eigenvalue weighted by molar-refractivity contribution is -0.143. The molecule has 0 fully saturated rings. The van der Waals surface area contributed by atoms with E-state index in [1.165, 1.54) is 24.3 Å². The molecule has 1 aromatic heterocycles. The molecule has 0 saturated carbocycles. The number of amides is 3. The Morgan fingerprint density at radius 1 is 1.09 bits per heavy atom. The molecule has 0 atom stereocenters. The van der Waals surface area contributed by atoms with Crippen molar-refractivity contribution in [3.63, 3.8) is 0 Å². The summed E-state index contributed by atoms with van der Waals surface area (Å²) >= 11 is 0. The molecule has 168 valence electrons. The first-order chi connectivity index (χ1) is 16.0. The number of imide groups is 1. The van der Waals surface area contributed by atoms with E-state index >= 15 is 0 Å². The summed E-state index contributed by atoms with van der Waals surface area (Å²) in [6, 6.07) is 14.4. The third-order valence-corrected chi connectivity index (χ3v) is 4.29. The van der Waals surface area contributed by atoms with Gasteiger partial charge in [0.1, 0.15) is 5.82 Å². The fraction of sp³-hybridized carbons (Fsp3) is 0.0833. The van der Waals surface area contributed by atoms with Gasteiger partial charge in [-0.05, 0) is 42.5 Å². The van der Waals surface area contributed by atoms with Crippen LogP contribution in [0, 0.1) is 5.82 Å². The third-order valence-electron chi connectivity index (χ3n) is 4.29. The number of nitrogens with one attached hydrogen (secondary N) is 2. The molecule has 0 aliphatic carbocycles. The number of carbonyl (C=O) groups excluding carboxylic acids is 3. The van der Waals surface area contributed by atoms with Crippen LogP contribution >= 0.6 is 0 Å². The smallest absolute Gasteiger partial charge is 0.331 e. The Hall–Kier alpha value is -4.53. The molecule has 0 spiro atoms. The number of nitrogens with zero attached hydrogens (tertiary/aromatic N) is 2. The van der Waals surface area contributed by atoms with Crippen molar-refractivity contribution in [3.8, 4) is 16.9 Å². The number of hydrogen-bond acceptors (Lipinski definition) is 5. The van der Waals surface area contributed by atoms with Gasteiger partial charge in [0, 0.05) is 29.9 Å². The second-order valence-corrected chi connectivity index (χ2v) is 6.71. The SMILES string of the molecule is C=CCNC(=O)NC(=O)COC(=O)C=Cc1cn(-c2ccccc2)nc1-c1ccc(F)cc1. The average Bonchev–Trinajstić information content (AvgIpc) is 3.25. The molecule has 2 N–H and O–H groups in total. The first-order valence-corrected chi connectivity index (χ1v) is 9.90. The highest BCUT2D eigenvalue weighted by atomic mass is 19.1. The number of carbonyl (C=O) groups is 3. The maximum Gasteiger partial charge on any atom is 0.331 e. The molecule has 33 heavy (non-hydrogen) atoms. The minimum Gasteiger partial charge on any atom is -0.452 e. The fourth-order valence-corrected chi connectivity index (χ4v) is 2.77. The van der Waals surface area contributed by atoms with Crippen LogP contribution in [-0.2, 0) is 14.3 Å². The van der Waals surface area contributed by atoms with Crippen LogP contribution in [0.2, 0.25) is 0 Å². The topological polar surface area (TPSA) is 102 Å². The van der Waals surface area contributed by atoms with Crippen molar-refractivity contribution in [1.29, 1.82) is 0 Å². The van der Waals surface area contributed by atoms with Crippen molar-refractivity contribution in [2.24, 2.45) is 0 Å².